The Morgan fingerprint density at radius 3 is 2.47 bits per heavy atom. The van der Waals surface area contributed by atoms with Gasteiger partial charge in [-0.15, -0.1) is 0 Å². The van der Waals surface area contributed by atoms with Crippen LogP contribution in [0.15, 0.2) is 103 Å². The number of benzene rings is 3. The van der Waals surface area contributed by atoms with Gasteiger partial charge in [0.2, 0.25) is 5.88 Å². The highest BCUT2D eigenvalue weighted by atomic mass is 19.1. The Balaban J connectivity index is 1.50. The molecule has 3 heterocycles. The van der Waals surface area contributed by atoms with Crippen LogP contribution >= 0.6 is 0 Å². The lowest BCUT2D eigenvalue weighted by Crippen LogP contribution is -1.96. The van der Waals surface area contributed by atoms with Gasteiger partial charge in [0.25, 0.3) is 0 Å². The molecule has 6 aromatic rings. The fourth-order valence-electron chi connectivity index (χ4n) is 4.35. The second-order valence-electron chi connectivity index (χ2n) is 8.22. The number of fused-ring (bicyclic) bond motifs is 3. The highest BCUT2D eigenvalue weighted by Gasteiger charge is 2.14. The Bertz CT molecular complexity index is 1660. The molecule has 6 rings (SSSR count). The molecule has 0 unspecified atom stereocenters. The lowest BCUT2D eigenvalue weighted by Gasteiger charge is -2.09. The van der Waals surface area contributed by atoms with Crippen molar-refractivity contribution >= 4 is 21.8 Å². The zero-order chi connectivity index (χ0) is 23.1. The Morgan fingerprint density at radius 2 is 1.62 bits per heavy atom. The summed E-state index contributed by atoms with van der Waals surface area (Å²) in [5.41, 5.74) is 5.44. The SMILES string of the molecule is Cc1ccc2c(c1)c1ccc(-c3cccc(Oc4cc(F)ccn4)c3)cc1n2-c1ccccn1. The van der Waals surface area contributed by atoms with Gasteiger partial charge in [0, 0.05) is 29.2 Å². The quantitative estimate of drug-likeness (QED) is 0.282. The van der Waals surface area contributed by atoms with E-state index in [1.54, 1.807) is 0 Å². The van der Waals surface area contributed by atoms with E-state index >= 15 is 0 Å². The Kier molecular flexibility index (Phi) is 4.81. The monoisotopic (exact) mass is 445 g/mol. The Hall–Kier alpha value is -4.51. The van der Waals surface area contributed by atoms with Crippen molar-refractivity contribution in [3.8, 4) is 28.6 Å². The first kappa shape index (κ1) is 20.1. The van der Waals surface area contributed by atoms with E-state index in [9.17, 15) is 4.39 Å². The summed E-state index contributed by atoms with van der Waals surface area (Å²) >= 11 is 0. The smallest absolute Gasteiger partial charge is 0.222 e. The van der Waals surface area contributed by atoms with Crippen molar-refractivity contribution in [3.05, 3.63) is 115 Å². The van der Waals surface area contributed by atoms with Crippen LogP contribution < -0.4 is 4.74 Å². The van der Waals surface area contributed by atoms with Crippen molar-refractivity contribution in [2.24, 2.45) is 0 Å². The molecular formula is C29H20FN3O. The fourth-order valence-corrected chi connectivity index (χ4v) is 4.35. The number of ether oxygens (including phenoxy) is 1. The fraction of sp³-hybridized carbons (Fsp3) is 0.0345. The van der Waals surface area contributed by atoms with E-state index in [2.05, 4.69) is 57.9 Å². The van der Waals surface area contributed by atoms with Gasteiger partial charge in [-0.3, -0.25) is 4.57 Å². The van der Waals surface area contributed by atoms with Gasteiger partial charge in [-0.05, 0) is 66.6 Å². The van der Waals surface area contributed by atoms with E-state index in [1.165, 1.54) is 34.7 Å². The first-order valence-corrected chi connectivity index (χ1v) is 11.0. The average molecular weight is 445 g/mol. The van der Waals surface area contributed by atoms with Gasteiger partial charge >= 0.3 is 0 Å². The standard InChI is InChI=1S/C29H20FN3O/c1-19-8-11-26-25(15-19)24-10-9-21(17-27(24)33(26)28-7-2-3-13-31-28)20-5-4-6-23(16-20)34-29-18-22(30)12-14-32-29/h2-18H,1H3. The first-order valence-electron chi connectivity index (χ1n) is 11.0. The summed E-state index contributed by atoms with van der Waals surface area (Å²) in [4.78, 5) is 8.70. The predicted octanol–water partition coefficient (Wildman–Crippen LogP) is 7.48. The van der Waals surface area contributed by atoms with Crippen LogP contribution in [0.4, 0.5) is 4.39 Å². The molecule has 0 aliphatic carbocycles. The summed E-state index contributed by atoms with van der Waals surface area (Å²) in [6, 6.07) is 29.2. The lowest BCUT2D eigenvalue weighted by atomic mass is 10.0. The zero-order valence-electron chi connectivity index (χ0n) is 18.4. The second-order valence-corrected chi connectivity index (χ2v) is 8.22. The Morgan fingerprint density at radius 1 is 0.706 bits per heavy atom. The summed E-state index contributed by atoms with van der Waals surface area (Å²) < 4.78 is 21.5. The van der Waals surface area contributed by atoms with Crippen LogP contribution in [0.25, 0.3) is 38.8 Å². The third kappa shape index (κ3) is 3.57. The van der Waals surface area contributed by atoms with Crippen molar-refractivity contribution in [1.82, 2.24) is 14.5 Å². The summed E-state index contributed by atoms with van der Waals surface area (Å²) in [7, 11) is 0. The Labute approximate surface area is 195 Å². The molecule has 5 heteroatoms. The molecule has 0 N–H and O–H groups in total. The number of aryl methyl sites for hydroxylation is 1. The second kappa shape index (κ2) is 8.12. The molecule has 0 fully saturated rings. The third-order valence-corrected chi connectivity index (χ3v) is 5.89. The molecule has 0 spiro atoms. The molecule has 0 atom stereocenters. The topological polar surface area (TPSA) is 39.9 Å². The minimum absolute atomic E-state index is 0.221. The maximum Gasteiger partial charge on any atom is 0.222 e. The predicted molar refractivity (Wildman–Crippen MR) is 133 cm³/mol. The van der Waals surface area contributed by atoms with Gasteiger partial charge in [-0.2, -0.15) is 0 Å². The van der Waals surface area contributed by atoms with E-state index in [0.29, 0.717) is 5.75 Å². The maximum atomic E-state index is 13.5. The highest BCUT2D eigenvalue weighted by molar-refractivity contribution is 6.10. The third-order valence-electron chi connectivity index (χ3n) is 5.89. The number of hydrogen-bond acceptors (Lipinski definition) is 3. The van der Waals surface area contributed by atoms with Crippen LogP contribution in [0, 0.1) is 12.7 Å². The molecule has 0 aliphatic heterocycles. The van der Waals surface area contributed by atoms with Gasteiger partial charge in [0.1, 0.15) is 17.4 Å². The minimum Gasteiger partial charge on any atom is -0.439 e. The van der Waals surface area contributed by atoms with Gasteiger partial charge < -0.3 is 4.74 Å². The van der Waals surface area contributed by atoms with Crippen molar-refractivity contribution in [3.63, 3.8) is 0 Å². The summed E-state index contributed by atoms with van der Waals surface area (Å²) in [5, 5.41) is 2.37. The molecule has 0 saturated heterocycles. The summed E-state index contributed by atoms with van der Waals surface area (Å²) in [6.45, 7) is 2.11. The molecular weight excluding hydrogens is 425 g/mol. The highest BCUT2D eigenvalue weighted by Crippen LogP contribution is 2.35. The van der Waals surface area contributed by atoms with Crippen LogP contribution in [-0.2, 0) is 0 Å². The largest absolute Gasteiger partial charge is 0.439 e. The average Bonchev–Trinajstić information content (AvgIpc) is 3.17. The van der Waals surface area contributed by atoms with Crippen molar-refractivity contribution in [2.45, 2.75) is 6.92 Å². The van der Waals surface area contributed by atoms with Gasteiger partial charge in [-0.1, -0.05) is 42.0 Å². The van der Waals surface area contributed by atoms with E-state index in [1.807, 2.05) is 48.7 Å². The molecule has 34 heavy (non-hydrogen) atoms. The maximum absolute atomic E-state index is 13.5. The van der Waals surface area contributed by atoms with Crippen molar-refractivity contribution < 1.29 is 9.13 Å². The molecule has 0 bridgehead atoms. The molecule has 0 radical (unpaired) electrons. The minimum atomic E-state index is -0.385. The van der Waals surface area contributed by atoms with Crippen LogP contribution in [0.2, 0.25) is 0 Å². The number of halogens is 1. The molecule has 0 amide bonds. The van der Waals surface area contributed by atoms with E-state index in [-0.39, 0.29) is 11.7 Å². The number of pyridine rings is 2. The molecule has 0 saturated carbocycles. The normalized spacial score (nSPS) is 11.2. The molecule has 3 aromatic carbocycles. The molecule has 0 aliphatic rings. The van der Waals surface area contributed by atoms with Crippen molar-refractivity contribution in [2.75, 3.05) is 0 Å². The van der Waals surface area contributed by atoms with Gasteiger partial charge in [-0.25, -0.2) is 14.4 Å². The van der Waals surface area contributed by atoms with E-state index in [4.69, 9.17) is 4.74 Å². The van der Waals surface area contributed by atoms with Gasteiger partial charge in [0.05, 0.1) is 11.0 Å². The van der Waals surface area contributed by atoms with Crippen molar-refractivity contribution in [1.29, 1.82) is 0 Å². The molecule has 3 aromatic heterocycles. The van der Waals surface area contributed by atoms with Crippen LogP contribution in [0.1, 0.15) is 5.56 Å². The number of rotatable bonds is 4. The molecule has 4 nitrogen and oxygen atoms in total. The van der Waals surface area contributed by atoms with E-state index in [0.717, 1.165) is 28.0 Å². The van der Waals surface area contributed by atoms with Gasteiger partial charge in [0.15, 0.2) is 0 Å². The summed E-state index contributed by atoms with van der Waals surface area (Å²) in [6.07, 6.45) is 3.20. The van der Waals surface area contributed by atoms with Crippen LogP contribution in [-0.4, -0.2) is 14.5 Å². The zero-order valence-corrected chi connectivity index (χ0v) is 18.4. The van der Waals surface area contributed by atoms with E-state index < -0.39 is 0 Å². The first-order chi connectivity index (χ1) is 16.7. The number of aromatic nitrogens is 3. The van der Waals surface area contributed by atoms with Crippen LogP contribution in [0.3, 0.4) is 0 Å². The molecule has 164 valence electrons. The number of hydrogen-bond donors (Lipinski definition) is 0. The lowest BCUT2D eigenvalue weighted by molar-refractivity contribution is 0.457. The van der Waals surface area contributed by atoms with Crippen LogP contribution in [0.5, 0.6) is 11.6 Å². The number of nitrogens with zero attached hydrogens (tertiary/aromatic N) is 3. The summed E-state index contributed by atoms with van der Waals surface area (Å²) in [5.74, 6) is 1.30.